The minimum absolute atomic E-state index is 0.0932. The average molecular weight is 316 g/mol. The Morgan fingerprint density at radius 1 is 0.955 bits per heavy atom. The lowest BCUT2D eigenvalue weighted by molar-refractivity contribution is -0.148. The molecule has 0 saturated heterocycles. The molecule has 22 heavy (non-hydrogen) atoms. The van der Waals surface area contributed by atoms with Crippen LogP contribution in [0.2, 0.25) is 0 Å². The maximum absolute atomic E-state index is 11.2. The number of rotatable bonds is 4. The largest absolute Gasteiger partial charge is 0.481 e. The molecule has 0 fully saturated rings. The Hall–Kier alpha value is -1.72. The van der Waals surface area contributed by atoms with Crippen molar-refractivity contribution < 1.29 is 29.0 Å². The van der Waals surface area contributed by atoms with Crippen LogP contribution in [0, 0.1) is 16.7 Å². The van der Waals surface area contributed by atoms with Gasteiger partial charge in [-0.3, -0.25) is 19.2 Å². The van der Waals surface area contributed by atoms with Gasteiger partial charge in [-0.1, -0.05) is 41.5 Å². The van der Waals surface area contributed by atoms with Crippen molar-refractivity contribution in [1.82, 2.24) is 0 Å². The highest BCUT2D eigenvalue weighted by atomic mass is 16.5. The molecule has 0 rings (SSSR count). The molecule has 0 aliphatic rings. The van der Waals surface area contributed by atoms with Gasteiger partial charge in [0.15, 0.2) is 5.78 Å². The second kappa shape index (κ2) is 8.66. The molecule has 0 aliphatic heterocycles. The van der Waals surface area contributed by atoms with Crippen LogP contribution in [0.4, 0.5) is 0 Å². The Bertz CT molecular complexity index is 421. The van der Waals surface area contributed by atoms with E-state index in [0.717, 1.165) is 0 Å². The summed E-state index contributed by atoms with van der Waals surface area (Å²) in [5, 5.41) is 8.49. The van der Waals surface area contributed by atoms with Gasteiger partial charge in [-0.05, 0) is 6.92 Å². The SMILES string of the molecule is CC(C(=O)O)C(=O)C(C)(C)C.COC(=O)CC(=O)C(C)(C)C. The van der Waals surface area contributed by atoms with Gasteiger partial charge in [0.1, 0.15) is 18.1 Å². The maximum atomic E-state index is 11.2. The Kier molecular flexibility index (Phi) is 8.88. The quantitative estimate of drug-likeness (QED) is 0.632. The molecule has 1 N–H and O–H groups in total. The summed E-state index contributed by atoms with van der Waals surface area (Å²) >= 11 is 0. The fourth-order valence-electron chi connectivity index (χ4n) is 1.23. The summed E-state index contributed by atoms with van der Waals surface area (Å²) in [6.07, 6.45) is -0.125. The molecule has 0 aromatic carbocycles. The molecule has 0 saturated carbocycles. The Labute approximate surface area is 132 Å². The number of ketones is 2. The van der Waals surface area contributed by atoms with Gasteiger partial charge in [-0.25, -0.2) is 0 Å². The van der Waals surface area contributed by atoms with E-state index in [2.05, 4.69) is 4.74 Å². The smallest absolute Gasteiger partial charge is 0.313 e. The zero-order chi connectivity index (χ0) is 18.3. The summed E-state index contributed by atoms with van der Waals surface area (Å²) in [6, 6.07) is 0. The van der Waals surface area contributed by atoms with Crippen LogP contribution in [-0.2, 0) is 23.9 Å². The van der Waals surface area contributed by atoms with Crippen LogP contribution < -0.4 is 0 Å². The van der Waals surface area contributed by atoms with Gasteiger partial charge in [0.2, 0.25) is 0 Å². The summed E-state index contributed by atoms with van der Waals surface area (Å²) in [7, 11) is 1.28. The lowest BCUT2D eigenvalue weighted by atomic mass is 9.84. The Morgan fingerprint density at radius 2 is 1.36 bits per heavy atom. The van der Waals surface area contributed by atoms with Crippen LogP contribution in [0.5, 0.6) is 0 Å². The fraction of sp³-hybridized carbons (Fsp3) is 0.750. The first kappa shape index (κ1) is 22.6. The van der Waals surface area contributed by atoms with Crippen molar-refractivity contribution in [2.45, 2.75) is 54.9 Å². The predicted molar refractivity (Wildman–Crippen MR) is 82.4 cm³/mol. The molecule has 0 amide bonds. The van der Waals surface area contributed by atoms with Crippen molar-refractivity contribution in [3.8, 4) is 0 Å². The molecule has 1 unspecified atom stereocenters. The second-order valence-electron chi connectivity index (χ2n) is 7.10. The topological polar surface area (TPSA) is 97.7 Å². The lowest BCUT2D eigenvalue weighted by Gasteiger charge is -2.18. The first-order chi connectivity index (χ1) is 9.64. The molecule has 0 radical (unpaired) electrons. The van der Waals surface area contributed by atoms with E-state index in [1.54, 1.807) is 41.5 Å². The van der Waals surface area contributed by atoms with Crippen molar-refractivity contribution in [2.24, 2.45) is 16.7 Å². The van der Waals surface area contributed by atoms with Gasteiger partial charge < -0.3 is 9.84 Å². The van der Waals surface area contributed by atoms with Crippen LogP contribution in [0.1, 0.15) is 54.9 Å². The molecule has 0 spiro atoms. The normalized spacial score (nSPS) is 12.5. The molecule has 0 aromatic heterocycles. The number of carboxylic acids is 1. The molecule has 0 aliphatic carbocycles. The highest BCUT2D eigenvalue weighted by Crippen LogP contribution is 2.19. The van der Waals surface area contributed by atoms with Gasteiger partial charge >= 0.3 is 11.9 Å². The van der Waals surface area contributed by atoms with Crippen molar-refractivity contribution >= 4 is 23.5 Å². The zero-order valence-corrected chi connectivity index (χ0v) is 14.8. The molecular weight excluding hydrogens is 288 g/mol. The number of hydrogen-bond donors (Lipinski definition) is 1. The van der Waals surface area contributed by atoms with Crippen molar-refractivity contribution in [1.29, 1.82) is 0 Å². The number of methoxy groups -OCH3 is 1. The fourth-order valence-corrected chi connectivity index (χ4v) is 1.23. The summed E-state index contributed by atoms with van der Waals surface area (Å²) in [5.74, 6) is -2.74. The number of Topliss-reactive ketones (excluding diaryl/α,β-unsaturated/α-hetero) is 2. The first-order valence-corrected chi connectivity index (χ1v) is 7.01. The predicted octanol–water partition coefficient (Wildman–Crippen LogP) is 2.49. The van der Waals surface area contributed by atoms with Crippen LogP contribution in [-0.4, -0.2) is 35.7 Å². The third-order valence-electron chi connectivity index (χ3n) is 2.87. The molecule has 0 aromatic rings. The van der Waals surface area contributed by atoms with E-state index >= 15 is 0 Å². The lowest BCUT2D eigenvalue weighted by Crippen LogP contribution is -2.31. The highest BCUT2D eigenvalue weighted by molar-refractivity contribution is 6.00. The minimum Gasteiger partial charge on any atom is -0.481 e. The average Bonchev–Trinajstić information content (AvgIpc) is 2.35. The monoisotopic (exact) mass is 316 g/mol. The highest BCUT2D eigenvalue weighted by Gasteiger charge is 2.30. The van der Waals surface area contributed by atoms with Gasteiger partial charge in [0, 0.05) is 10.8 Å². The number of carboxylic acid groups (broad SMARTS) is 1. The maximum Gasteiger partial charge on any atom is 0.313 e. The number of hydrogen-bond acceptors (Lipinski definition) is 5. The van der Waals surface area contributed by atoms with Crippen molar-refractivity contribution in [2.75, 3.05) is 7.11 Å². The van der Waals surface area contributed by atoms with Gasteiger partial charge in [0.25, 0.3) is 0 Å². The van der Waals surface area contributed by atoms with Crippen LogP contribution in [0.25, 0.3) is 0 Å². The summed E-state index contributed by atoms with van der Waals surface area (Å²) in [5.41, 5.74) is -1.01. The van der Waals surface area contributed by atoms with E-state index in [0.29, 0.717) is 0 Å². The third-order valence-corrected chi connectivity index (χ3v) is 2.87. The van der Waals surface area contributed by atoms with Gasteiger partial charge in [-0.15, -0.1) is 0 Å². The summed E-state index contributed by atoms with van der Waals surface area (Å²) < 4.78 is 4.36. The first-order valence-electron chi connectivity index (χ1n) is 7.01. The number of aliphatic carboxylic acids is 1. The number of ether oxygens (including phenoxy) is 1. The van der Waals surface area contributed by atoms with E-state index in [4.69, 9.17) is 5.11 Å². The molecule has 0 bridgehead atoms. The van der Waals surface area contributed by atoms with E-state index < -0.39 is 28.7 Å². The molecule has 6 nitrogen and oxygen atoms in total. The Balaban J connectivity index is 0. The van der Waals surface area contributed by atoms with Gasteiger partial charge in [0.05, 0.1) is 7.11 Å². The minimum atomic E-state index is -1.05. The zero-order valence-electron chi connectivity index (χ0n) is 14.8. The van der Waals surface area contributed by atoms with E-state index in [1.165, 1.54) is 14.0 Å². The van der Waals surface area contributed by atoms with E-state index in [-0.39, 0.29) is 18.0 Å². The molecule has 1 atom stereocenters. The number of carbonyl (C=O) groups excluding carboxylic acids is 3. The van der Waals surface area contributed by atoms with E-state index in [9.17, 15) is 19.2 Å². The molecule has 0 heterocycles. The molecule has 128 valence electrons. The van der Waals surface area contributed by atoms with E-state index in [1.807, 2.05) is 0 Å². The van der Waals surface area contributed by atoms with Gasteiger partial charge in [-0.2, -0.15) is 0 Å². The van der Waals surface area contributed by atoms with Crippen molar-refractivity contribution in [3.05, 3.63) is 0 Å². The third kappa shape index (κ3) is 9.26. The molecular formula is C16H28O6. The summed E-state index contributed by atoms with van der Waals surface area (Å²) in [6.45, 7) is 11.9. The Morgan fingerprint density at radius 3 is 1.55 bits per heavy atom. The molecule has 6 heteroatoms. The van der Waals surface area contributed by atoms with Crippen LogP contribution in [0.15, 0.2) is 0 Å². The number of carbonyl (C=O) groups is 4. The van der Waals surface area contributed by atoms with Crippen molar-refractivity contribution in [3.63, 3.8) is 0 Å². The van der Waals surface area contributed by atoms with Crippen LogP contribution >= 0.6 is 0 Å². The standard InChI is InChI=1S/2C8H14O3/c1-8(2,3)6(9)5-7(10)11-4;1-5(7(10)11)6(9)8(2,3)4/h5H2,1-4H3;5H,1-4H3,(H,10,11). The summed E-state index contributed by atoms with van der Waals surface area (Å²) in [4.78, 5) is 43.4. The van der Waals surface area contributed by atoms with Crippen LogP contribution in [0.3, 0.4) is 0 Å². The second-order valence-corrected chi connectivity index (χ2v) is 7.10. The number of esters is 1.